The van der Waals surface area contributed by atoms with E-state index in [9.17, 15) is 0 Å². The van der Waals surface area contributed by atoms with E-state index in [1.165, 1.54) is 6.07 Å². The molecule has 2 nitrogen and oxygen atoms in total. The molecule has 0 aliphatic heterocycles. The molecule has 0 amide bonds. The first-order chi connectivity index (χ1) is 5.52. The summed E-state index contributed by atoms with van der Waals surface area (Å²) in [5, 5.41) is 18.3. The number of halogens is 2. The first-order valence-electron chi connectivity index (χ1n) is 3.34. The Hall–Kier alpha value is -0.0251. The SMILES string of the molecule is Cc1cc(Cl)cc(B(O)O)c1Br. The van der Waals surface area contributed by atoms with Crippen molar-refractivity contribution in [3.63, 3.8) is 0 Å². The Bertz CT molecular complexity index is 304. The lowest BCUT2D eigenvalue weighted by Crippen LogP contribution is -2.31. The van der Waals surface area contributed by atoms with Crippen LogP contribution in [0.4, 0.5) is 0 Å². The van der Waals surface area contributed by atoms with Crippen molar-refractivity contribution in [2.24, 2.45) is 0 Å². The fourth-order valence-electron chi connectivity index (χ4n) is 0.939. The number of aryl methyl sites for hydroxylation is 1. The summed E-state index contributed by atoms with van der Waals surface area (Å²) < 4.78 is 0.682. The highest BCUT2D eigenvalue weighted by Crippen LogP contribution is 2.18. The van der Waals surface area contributed by atoms with Gasteiger partial charge in [0.25, 0.3) is 0 Å². The Morgan fingerprint density at radius 2 is 2.00 bits per heavy atom. The van der Waals surface area contributed by atoms with Crippen molar-refractivity contribution in [1.29, 1.82) is 0 Å². The summed E-state index contributed by atoms with van der Waals surface area (Å²) in [7, 11) is -1.49. The van der Waals surface area contributed by atoms with E-state index in [0.29, 0.717) is 15.0 Å². The van der Waals surface area contributed by atoms with Crippen LogP contribution in [0.25, 0.3) is 0 Å². The van der Waals surface area contributed by atoms with Crippen molar-refractivity contribution >= 4 is 40.1 Å². The van der Waals surface area contributed by atoms with E-state index >= 15 is 0 Å². The van der Waals surface area contributed by atoms with Crippen molar-refractivity contribution < 1.29 is 10.0 Å². The van der Waals surface area contributed by atoms with Gasteiger partial charge in [0.15, 0.2) is 0 Å². The van der Waals surface area contributed by atoms with Crippen LogP contribution >= 0.6 is 27.5 Å². The fourth-order valence-corrected chi connectivity index (χ4v) is 1.65. The van der Waals surface area contributed by atoms with Crippen LogP contribution in [0.15, 0.2) is 16.6 Å². The van der Waals surface area contributed by atoms with E-state index in [1.807, 2.05) is 6.92 Å². The number of benzene rings is 1. The highest BCUT2D eigenvalue weighted by atomic mass is 79.9. The van der Waals surface area contributed by atoms with Gasteiger partial charge in [-0.2, -0.15) is 0 Å². The van der Waals surface area contributed by atoms with Crippen LogP contribution in [-0.2, 0) is 0 Å². The van der Waals surface area contributed by atoms with Gasteiger partial charge in [0, 0.05) is 9.50 Å². The molecule has 5 heteroatoms. The molecule has 0 saturated carbocycles. The number of hydrogen-bond acceptors (Lipinski definition) is 2. The summed E-state index contributed by atoms with van der Waals surface area (Å²) in [6, 6.07) is 3.26. The first-order valence-corrected chi connectivity index (χ1v) is 4.51. The van der Waals surface area contributed by atoms with Crippen LogP contribution in [0.5, 0.6) is 0 Å². The predicted octanol–water partition coefficient (Wildman–Crippen LogP) is 1.09. The van der Waals surface area contributed by atoms with Gasteiger partial charge in [-0.3, -0.25) is 0 Å². The molecule has 0 radical (unpaired) electrons. The molecule has 1 aromatic rings. The molecule has 2 N–H and O–H groups in total. The van der Waals surface area contributed by atoms with Gasteiger partial charge in [0.1, 0.15) is 0 Å². The van der Waals surface area contributed by atoms with Crippen molar-refractivity contribution in [2.45, 2.75) is 6.92 Å². The third-order valence-electron chi connectivity index (χ3n) is 1.53. The molecule has 0 aromatic heterocycles. The van der Waals surface area contributed by atoms with Gasteiger partial charge in [0.05, 0.1) is 0 Å². The molecule has 0 fully saturated rings. The van der Waals surface area contributed by atoms with E-state index in [-0.39, 0.29) is 0 Å². The summed E-state index contributed by atoms with van der Waals surface area (Å²) in [6.45, 7) is 1.84. The number of rotatable bonds is 1. The zero-order valence-electron chi connectivity index (χ0n) is 6.38. The highest BCUT2D eigenvalue weighted by molar-refractivity contribution is 9.10. The minimum Gasteiger partial charge on any atom is -0.423 e. The summed E-state index contributed by atoms with van der Waals surface area (Å²) in [6.07, 6.45) is 0. The fraction of sp³-hybridized carbons (Fsp3) is 0.143. The van der Waals surface area contributed by atoms with Gasteiger partial charge in [-0.05, 0) is 30.1 Å². The van der Waals surface area contributed by atoms with E-state index in [2.05, 4.69) is 15.9 Å². The topological polar surface area (TPSA) is 40.5 Å². The Kier molecular flexibility index (Phi) is 3.18. The van der Waals surface area contributed by atoms with Gasteiger partial charge in [-0.1, -0.05) is 27.5 Å². The molecule has 0 aliphatic rings. The Balaban J connectivity index is 3.28. The largest absolute Gasteiger partial charge is 0.489 e. The summed E-state index contributed by atoms with van der Waals surface area (Å²) in [5.41, 5.74) is 1.27. The van der Waals surface area contributed by atoms with Gasteiger partial charge in [-0.15, -0.1) is 0 Å². The normalized spacial score (nSPS) is 10.1. The maximum absolute atomic E-state index is 8.92. The predicted molar refractivity (Wildman–Crippen MR) is 53.7 cm³/mol. The minimum absolute atomic E-state index is 0.389. The molecule has 0 saturated heterocycles. The molecule has 0 atom stereocenters. The highest BCUT2D eigenvalue weighted by Gasteiger charge is 2.16. The molecular formula is C7H7BBrClO2. The average molecular weight is 249 g/mol. The second kappa shape index (κ2) is 3.79. The van der Waals surface area contributed by atoms with Crippen LogP contribution in [0, 0.1) is 6.92 Å². The van der Waals surface area contributed by atoms with E-state index < -0.39 is 7.12 Å². The van der Waals surface area contributed by atoms with Crippen molar-refractivity contribution in [3.8, 4) is 0 Å². The summed E-state index contributed by atoms with van der Waals surface area (Å²) in [5.74, 6) is 0. The second-order valence-corrected chi connectivity index (χ2v) is 3.73. The van der Waals surface area contributed by atoms with Crippen LogP contribution in [0.2, 0.25) is 5.02 Å². The van der Waals surface area contributed by atoms with E-state index in [4.69, 9.17) is 21.6 Å². The summed E-state index contributed by atoms with van der Waals surface area (Å²) in [4.78, 5) is 0. The smallest absolute Gasteiger partial charge is 0.423 e. The molecule has 0 bridgehead atoms. The van der Waals surface area contributed by atoms with Crippen LogP contribution in [-0.4, -0.2) is 17.2 Å². The molecule has 0 aliphatic carbocycles. The van der Waals surface area contributed by atoms with E-state index in [1.54, 1.807) is 6.07 Å². The van der Waals surface area contributed by atoms with Crippen molar-refractivity contribution in [1.82, 2.24) is 0 Å². The van der Waals surface area contributed by atoms with Crippen LogP contribution in [0.1, 0.15) is 5.56 Å². The summed E-state index contributed by atoms with van der Waals surface area (Å²) >= 11 is 8.96. The molecule has 0 heterocycles. The third-order valence-corrected chi connectivity index (χ3v) is 2.83. The minimum atomic E-state index is -1.49. The molecule has 64 valence electrons. The Labute approximate surface area is 84.4 Å². The first kappa shape index (κ1) is 10.1. The van der Waals surface area contributed by atoms with Crippen molar-refractivity contribution in [3.05, 3.63) is 27.2 Å². The maximum atomic E-state index is 8.92. The average Bonchev–Trinajstić information content (AvgIpc) is 1.96. The zero-order valence-corrected chi connectivity index (χ0v) is 8.72. The lowest BCUT2D eigenvalue weighted by Gasteiger charge is -2.06. The van der Waals surface area contributed by atoms with Gasteiger partial charge >= 0.3 is 7.12 Å². The third kappa shape index (κ3) is 2.01. The molecule has 0 unspecified atom stereocenters. The quantitative estimate of drug-likeness (QED) is 0.731. The zero-order chi connectivity index (χ0) is 9.30. The van der Waals surface area contributed by atoms with Gasteiger partial charge < -0.3 is 10.0 Å². The lowest BCUT2D eigenvalue weighted by atomic mass is 9.80. The van der Waals surface area contributed by atoms with Crippen molar-refractivity contribution in [2.75, 3.05) is 0 Å². The number of hydrogen-bond donors (Lipinski definition) is 2. The van der Waals surface area contributed by atoms with E-state index in [0.717, 1.165) is 5.56 Å². The van der Waals surface area contributed by atoms with Gasteiger partial charge in [0.2, 0.25) is 0 Å². The second-order valence-electron chi connectivity index (χ2n) is 2.50. The Morgan fingerprint density at radius 1 is 1.42 bits per heavy atom. The standard InChI is InChI=1S/C7H7BBrClO2/c1-4-2-5(10)3-6(7(4)9)8(11)12/h2-3,11-12H,1H3. The van der Waals surface area contributed by atoms with Crippen LogP contribution < -0.4 is 5.46 Å². The molecular weight excluding hydrogens is 242 g/mol. The molecule has 0 spiro atoms. The van der Waals surface area contributed by atoms with Gasteiger partial charge in [-0.25, -0.2) is 0 Å². The molecule has 1 aromatic carbocycles. The Morgan fingerprint density at radius 3 is 2.50 bits per heavy atom. The molecule has 12 heavy (non-hydrogen) atoms. The molecule has 1 rings (SSSR count). The maximum Gasteiger partial charge on any atom is 0.489 e. The lowest BCUT2D eigenvalue weighted by molar-refractivity contribution is 0.425. The monoisotopic (exact) mass is 248 g/mol. The van der Waals surface area contributed by atoms with Crippen LogP contribution in [0.3, 0.4) is 0 Å².